The first-order chi connectivity index (χ1) is 19.9. The number of hydrogen-bond acceptors (Lipinski definition) is 4. The summed E-state index contributed by atoms with van der Waals surface area (Å²) >= 11 is 0. The molecule has 41 heavy (non-hydrogen) atoms. The number of rotatable bonds is 7. The molecule has 0 aliphatic carbocycles. The van der Waals surface area contributed by atoms with Crippen molar-refractivity contribution in [3.8, 4) is 22.5 Å². The lowest BCUT2D eigenvalue weighted by Crippen LogP contribution is -2.05. The second kappa shape index (κ2) is 11.8. The molecule has 208 valence electrons. The van der Waals surface area contributed by atoms with Crippen molar-refractivity contribution in [3.63, 3.8) is 0 Å². The lowest BCUT2D eigenvalue weighted by molar-refractivity contribution is 0.0697. The summed E-state index contributed by atoms with van der Waals surface area (Å²) < 4.78 is 4.47. The van der Waals surface area contributed by atoms with E-state index >= 15 is 0 Å². The van der Waals surface area contributed by atoms with Gasteiger partial charge in [0.15, 0.2) is 0 Å². The topological polar surface area (TPSA) is 93.2 Å². The van der Waals surface area contributed by atoms with Crippen LogP contribution < -0.4 is 0 Å². The Hall–Kier alpha value is -4.75. The number of aliphatic hydroxyl groups excluding tert-OH is 1. The minimum atomic E-state index is -0.921. The van der Waals surface area contributed by atoms with Gasteiger partial charge < -0.3 is 19.3 Å². The molecule has 0 bridgehead atoms. The first kappa shape index (κ1) is 27.8. The zero-order chi connectivity index (χ0) is 29.1. The van der Waals surface area contributed by atoms with E-state index in [1.165, 1.54) is 0 Å². The maximum Gasteiger partial charge on any atom is 0.336 e. The van der Waals surface area contributed by atoms with E-state index in [1.54, 1.807) is 12.1 Å². The summed E-state index contributed by atoms with van der Waals surface area (Å²) in [5.74, 6) is 1.08. The van der Waals surface area contributed by atoms with Crippen molar-refractivity contribution in [3.05, 3.63) is 107 Å². The van der Waals surface area contributed by atoms with Crippen molar-refractivity contribution in [2.24, 2.45) is 7.05 Å². The van der Waals surface area contributed by atoms with E-state index in [4.69, 9.17) is 15.1 Å². The van der Waals surface area contributed by atoms with Gasteiger partial charge in [-0.25, -0.2) is 14.8 Å². The SMILES string of the molecule is CCCc1nc2c(C)cc(-c3nc4ccccc4n3C)cc2n1Cc1ccc(-c2ccccc2C(=O)O)cc1.CO. The van der Waals surface area contributed by atoms with Crippen molar-refractivity contribution >= 4 is 28.0 Å². The summed E-state index contributed by atoms with van der Waals surface area (Å²) in [5, 5.41) is 16.6. The van der Waals surface area contributed by atoms with Gasteiger partial charge in [-0.15, -0.1) is 0 Å². The predicted molar refractivity (Wildman–Crippen MR) is 164 cm³/mol. The summed E-state index contributed by atoms with van der Waals surface area (Å²) in [6.45, 7) is 4.98. The number of carboxylic acids is 1. The number of aromatic carboxylic acids is 1. The molecule has 0 saturated heterocycles. The standard InChI is InChI=1S/C33H30N4O2.CH4O/c1-4-9-30-35-31-21(2)18-24(32-34-27-12-7-8-13-28(27)36(32)3)19-29(31)37(30)20-22-14-16-23(17-15-22)25-10-5-6-11-26(25)33(38)39;1-2/h5-8,10-19H,4,9,20H2,1-3H3,(H,38,39);2H,1H3. The first-order valence-electron chi connectivity index (χ1n) is 13.7. The van der Waals surface area contributed by atoms with Crippen LogP contribution in [0.3, 0.4) is 0 Å². The van der Waals surface area contributed by atoms with Gasteiger partial charge >= 0.3 is 5.97 Å². The molecule has 2 heterocycles. The van der Waals surface area contributed by atoms with Crippen molar-refractivity contribution in [1.29, 1.82) is 0 Å². The van der Waals surface area contributed by atoms with Crippen LogP contribution in [-0.2, 0) is 20.0 Å². The Bertz CT molecular complexity index is 1850. The molecule has 6 aromatic rings. The average Bonchev–Trinajstić information content (AvgIpc) is 3.52. The second-order valence-electron chi connectivity index (χ2n) is 10.1. The Labute approximate surface area is 239 Å². The normalized spacial score (nSPS) is 11.0. The van der Waals surface area contributed by atoms with Crippen LogP contribution in [0.15, 0.2) is 84.9 Å². The molecule has 0 aliphatic heterocycles. The molecule has 4 aromatic carbocycles. The quantitative estimate of drug-likeness (QED) is 0.228. The summed E-state index contributed by atoms with van der Waals surface area (Å²) in [4.78, 5) is 21.7. The van der Waals surface area contributed by atoms with E-state index in [-0.39, 0.29) is 0 Å². The molecule has 7 heteroatoms. The number of aliphatic hydroxyl groups is 1. The number of hydrogen-bond donors (Lipinski definition) is 2. The molecule has 0 spiro atoms. The summed E-state index contributed by atoms with van der Waals surface area (Å²) in [6.07, 6.45) is 1.89. The number of benzene rings is 4. The van der Waals surface area contributed by atoms with Crippen LogP contribution in [0.2, 0.25) is 0 Å². The Morgan fingerprint density at radius 2 is 1.56 bits per heavy atom. The van der Waals surface area contributed by atoms with E-state index in [9.17, 15) is 9.90 Å². The summed E-state index contributed by atoms with van der Waals surface area (Å²) in [7, 11) is 3.06. The summed E-state index contributed by atoms with van der Waals surface area (Å²) in [6, 6.07) is 27.9. The van der Waals surface area contributed by atoms with Gasteiger partial charge in [0.05, 0.1) is 27.6 Å². The van der Waals surface area contributed by atoms with Crippen LogP contribution in [0.4, 0.5) is 0 Å². The highest BCUT2D eigenvalue weighted by molar-refractivity contribution is 5.96. The number of aromatic nitrogens is 4. The second-order valence-corrected chi connectivity index (χ2v) is 10.1. The van der Waals surface area contributed by atoms with Crippen LogP contribution in [0.25, 0.3) is 44.6 Å². The number of carboxylic acid groups (broad SMARTS) is 1. The molecule has 2 aromatic heterocycles. The molecule has 6 rings (SSSR count). The Balaban J connectivity index is 0.00000165. The smallest absolute Gasteiger partial charge is 0.336 e. The molecule has 0 aliphatic rings. The third-order valence-corrected chi connectivity index (χ3v) is 7.41. The Morgan fingerprint density at radius 1 is 0.854 bits per heavy atom. The molecule has 0 saturated carbocycles. The lowest BCUT2D eigenvalue weighted by Gasteiger charge is -2.12. The molecule has 7 nitrogen and oxygen atoms in total. The minimum Gasteiger partial charge on any atom is -0.478 e. The van der Waals surface area contributed by atoms with Gasteiger partial charge in [-0.2, -0.15) is 0 Å². The number of para-hydroxylation sites is 2. The molecular formula is C34H34N4O3. The van der Waals surface area contributed by atoms with Crippen molar-refractivity contribution in [2.75, 3.05) is 7.11 Å². The van der Waals surface area contributed by atoms with Gasteiger partial charge in [0.25, 0.3) is 0 Å². The van der Waals surface area contributed by atoms with Gasteiger partial charge in [0, 0.05) is 32.7 Å². The highest BCUT2D eigenvalue weighted by atomic mass is 16.4. The van der Waals surface area contributed by atoms with Gasteiger partial charge in [-0.05, 0) is 65.9 Å². The fourth-order valence-electron chi connectivity index (χ4n) is 5.46. The zero-order valence-electron chi connectivity index (χ0n) is 23.8. The van der Waals surface area contributed by atoms with Crippen molar-refractivity contribution in [1.82, 2.24) is 19.1 Å². The van der Waals surface area contributed by atoms with E-state index in [0.717, 1.165) is 81.5 Å². The van der Waals surface area contributed by atoms with Crippen LogP contribution >= 0.6 is 0 Å². The monoisotopic (exact) mass is 546 g/mol. The van der Waals surface area contributed by atoms with Gasteiger partial charge in [0.2, 0.25) is 0 Å². The van der Waals surface area contributed by atoms with Gasteiger partial charge in [-0.1, -0.05) is 61.5 Å². The van der Waals surface area contributed by atoms with E-state index in [1.807, 2.05) is 42.5 Å². The highest BCUT2D eigenvalue weighted by Gasteiger charge is 2.17. The Morgan fingerprint density at radius 3 is 2.27 bits per heavy atom. The largest absolute Gasteiger partial charge is 0.478 e. The maximum atomic E-state index is 11.7. The van der Waals surface area contributed by atoms with E-state index in [0.29, 0.717) is 12.1 Å². The minimum absolute atomic E-state index is 0.307. The highest BCUT2D eigenvalue weighted by Crippen LogP contribution is 2.31. The van der Waals surface area contributed by atoms with Gasteiger partial charge in [0.1, 0.15) is 11.6 Å². The van der Waals surface area contributed by atoms with Crippen LogP contribution in [0, 0.1) is 6.92 Å². The molecule has 0 fully saturated rings. The zero-order valence-corrected chi connectivity index (χ0v) is 23.8. The van der Waals surface area contributed by atoms with Crippen LogP contribution in [0.1, 0.15) is 40.7 Å². The number of fused-ring (bicyclic) bond motifs is 2. The fraction of sp³-hybridized carbons (Fsp3) is 0.206. The van der Waals surface area contributed by atoms with Crippen LogP contribution in [0.5, 0.6) is 0 Å². The van der Waals surface area contributed by atoms with Crippen LogP contribution in [-0.4, -0.2) is 42.4 Å². The third kappa shape index (κ3) is 5.24. The molecule has 0 atom stereocenters. The summed E-state index contributed by atoms with van der Waals surface area (Å²) in [5.41, 5.74) is 9.46. The predicted octanol–water partition coefficient (Wildman–Crippen LogP) is 6.87. The van der Waals surface area contributed by atoms with Gasteiger partial charge in [-0.3, -0.25) is 0 Å². The fourth-order valence-corrected chi connectivity index (χ4v) is 5.46. The molecule has 0 unspecified atom stereocenters. The van der Waals surface area contributed by atoms with Crippen molar-refractivity contribution in [2.45, 2.75) is 33.2 Å². The number of carbonyl (C=O) groups is 1. The molecule has 0 radical (unpaired) electrons. The molecule has 2 N–H and O–H groups in total. The number of imidazole rings is 2. The number of nitrogens with zero attached hydrogens (tertiary/aromatic N) is 4. The first-order valence-corrected chi connectivity index (χ1v) is 13.7. The third-order valence-electron chi connectivity index (χ3n) is 7.41. The lowest BCUT2D eigenvalue weighted by atomic mass is 9.98. The number of aryl methyl sites for hydroxylation is 3. The average molecular weight is 547 g/mol. The molecule has 0 amide bonds. The van der Waals surface area contributed by atoms with E-state index < -0.39 is 5.97 Å². The van der Waals surface area contributed by atoms with Crippen molar-refractivity contribution < 1.29 is 15.0 Å². The van der Waals surface area contributed by atoms with E-state index in [2.05, 4.69) is 60.4 Å². The Kier molecular flexibility index (Phi) is 7.99. The maximum absolute atomic E-state index is 11.7. The molecular weight excluding hydrogens is 512 g/mol.